The van der Waals surface area contributed by atoms with Gasteiger partial charge in [-0.05, 0) is 6.92 Å². The van der Waals surface area contributed by atoms with Gasteiger partial charge in [-0.2, -0.15) is 16.9 Å². The Morgan fingerprint density at radius 1 is 1.47 bits per heavy atom. The highest BCUT2D eigenvalue weighted by atomic mass is 35.5. The number of aromatic nitrogens is 2. The largest absolute Gasteiger partial charge is 0.392 e. The lowest BCUT2D eigenvalue weighted by Crippen LogP contribution is -2.19. The molecule has 0 spiro atoms. The second kappa shape index (κ2) is 5.63. The molecular formula is C12H21ClN2OS. The molecule has 0 fully saturated rings. The molecule has 1 heterocycles. The topological polar surface area (TPSA) is 38.0 Å². The SMILES string of the molecule is Cc1nn(C)c(Cl)c1CC(O)CSC(C)(C)C. The van der Waals surface area contributed by atoms with Crippen molar-refractivity contribution in [2.75, 3.05) is 5.75 Å². The number of halogens is 1. The molecule has 1 atom stereocenters. The summed E-state index contributed by atoms with van der Waals surface area (Å²) in [5.41, 5.74) is 1.86. The number of aliphatic hydroxyl groups excluding tert-OH is 1. The molecule has 0 bridgehead atoms. The minimum atomic E-state index is -0.375. The van der Waals surface area contributed by atoms with E-state index in [0.717, 1.165) is 11.3 Å². The van der Waals surface area contributed by atoms with Gasteiger partial charge in [-0.1, -0.05) is 32.4 Å². The molecule has 1 aromatic heterocycles. The van der Waals surface area contributed by atoms with Crippen molar-refractivity contribution < 1.29 is 5.11 Å². The Morgan fingerprint density at radius 3 is 2.47 bits per heavy atom. The Labute approximate surface area is 113 Å². The van der Waals surface area contributed by atoms with Crippen LogP contribution in [0.25, 0.3) is 0 Å². The van der Waals surface area contributed by atoms with Crippen molar-refractivity contribution >= 4 is 23.4 Å². The van der Waals surface area contributed by atoms with E-state index in [1.165, 1.54) is 0 Å². The zero-order chi connectivity index (χ0) is 13.2. The average molecular weight is 277 g/mol. The zero-order valence-electron chi connectivity index (χ0n) is 11.1. The first-order valence-electron chi connectivity index (χ1n) is 5.70. The monoisotopic (exact) mass is 276 g/mol. The fraction of sp³-hybridized carbons (Fsp3) is 0.750. The molecular weight excluding hydrogens is 256 g/mol. The summed E-state index contributed by atoms with van der Waals surface area (Å²) in [4.78, 5) is 0. The summed E-state index contributed by atoms with van der Waals surface area (Å²) in [5, 5.41) is 14.9. The molecule has 1 rings (SSSR count). The van der Waals surface area contributed by atoms with Crippen molar-refractivity contribution in [3.8, 4) is 0 Å². The van der Waals surface area contributed by atoms with Gasteiger partial charge in [0, 0.05) is 29.5 Å². The number of aryl methyl sites for hydroxylation is 2. The highest BCUT2D eigenvalue weighted by molar-refractivity contribution is 8.00. The second-order valence-corrected chi connectivity index (χ2v) is 7.46. The number of hydrogen-bond acceptors (Lipinski definition) is 3. The van der Waals surface area contributed by atoms with Gasteiger partial charge < -0.3 is 5.11 Å². The lowest BCUT2D eigenvalue weighted by Gasteiger charge is -2.20. The fourth-order valence-electron chi connectivity index (χ4n) is 1.55. The third-order valence-corrected chi connectivity index (χ3v) is 4.31. The quantitative estimate of drug-likeness (QED) is 0.919. The van der Waals surface area contributed by atoms with Crippen LogP contribution in [0, 0.1) is 6.92 Å². The molecule has 3 nitrogen and oxygen atoms in total. The van der Waals surface area contributed by atoms with E-state index in [1.807, 2.05) is 14.0 Å². The molecule has 0 aliphatic heterocycles. The van der Waals surface area contributed by atoms with Crippen molar-refractivity contribution in [2.24, 2.45) is 7.05 Å². The maximum Gasteiger partial charge on any atom is 0.130 e. The standard InChI is InChI=1S/C12H21ClN2OS/c1-8-10(11(13)15(5)14-8)6-9(16)7-17-12(2,3)4/h9,16H,6-7H2,1-5H3. The van der Waals surface area contributed by atoms with Crippen LogP contribution in [0.3, 0.4) is 0 Å². The van der Waals surface area contributed by atoms with Gasteiger partial charge in [0.05, 0.1) is 11.8 Å². The molecule has 0 aliphatic carbocycles. The first kappa shape index (κ1) is 14.9. The van der Waals surface area contributed by atoms with Crippen molar-refractivity contribution in [3.05, 3.63) is 16.4 Å². The summed E-state index contributed by atoms with van der Waals surface area (Å²) in [7, 11) is 1.81. The van der Waals surface area contributed by atoms with Crippen LogP contribution in [0.1, 0.15) is 32.0 Å². The highest BCUT2D eigenvalue weighted by Gasteiger charge is 2.18. The van der Waals surface area contributed by atoms with Crippen LogP contribution in [-0.4, -0.2) is 31.5 Å². The van der Waals surface area contributed by atoms with Gasteiger partial charge in [0.25, 0.3) is 0 Å². The maximum atomic E-state index is 10.0. The van der Waals surface area contributed by atoms with E-state index in [-0.39, 0.29) is 10.9 Å². The summed E-state index contributed by atoms with van der Waals surface area (Å²) < 4.78 is 1.82. The summed E-state index contributed by atoms with van der Waals surface area (Å²) in [6.45, 7) is 8.36. The Balaban J connectivity index is 2.59. The number of thioether (sulfide) groups is 1. The van der Waals surface area contributed by atoms with Crippen molar-refractivity contribution in [1.29, 1.82) is 0 Å². The minimum Gasteiger partial charge on any atom is -0.392 e. The Bertz CT molecular complexity index is 385. The predicted octanol–water partition coefficient (Wildman–Crippen LogP) is 2.82. The maximum absolute atomic E-state index is 10.0. The van der Waals surface area contributed by atoms with Gasteiger partial charge in [0.15, 0.2) is 0 Å². The van der Waals surface area contributed by atoms with Gasteiger partial charge in [-0.15, -0.1) is 0 Å². The third-order valence-electron chi connectivity index (χ3n) is 2.42. The van der Waals surface area contributed by atoms with Gasteiger partial charge in [0.1, 0.15) is 5.15 Å². The van der Waals surface area contributed by atoms with E-state index >= 15 is 0 Å². The Kier molecular flexibility index (Phi) is 4.93. The van der Waals surface area contributed by atoms with Crippen LogP contribution in [0.5, 0.6) is 0 Å². The predicted molar refractivity (Wildman–Crippen MR) is 74.9 cm³/mol. The first-order chi connectivity index (χ1) is 7.70. The molecule has 1 N–H and O–H groups in total. The molecule has 0 saturated heterocycles. The third kappa shape index (κ3) is 4.53. The van der Waals surface area contributed by atoms with Crippen LogP contribution in [0.4, 0.5) is 0 Å². The molecule has 0 aromatic carbocycles. The zero-order valence-corrected chi connectivity index (χ0v) is 12.7. The van der Waals surface area contributed by atoms with Crippen LogP contribution in [-0.2, 0) is 13.5 Å². The summed E-state index contributed by atoms with van der Waals surface area (Å²) >= 11 is 7.89. The molecule has 98 valence electrons. The van der Waals surface area contributed by atoms with Gasteiger partial charge in [0.2, 0.25) is 0 Å². The summed E-state index contributed by atoms with van der Waals surface area (Å²) in [6, 6.07) is 0. The molecule has 17 heavy (non-hydrogen) atoms. The normalized spacial score (nSPS) is 14.1. The molecule has 0 aliphatic rings. The van der Waals surface area contributed by atoms with Gasteiger partial charge >= 0.3 is 0 Å². The Hall–Kier alpha value is -0.190. The van der Waals surface area contributed by atoms with Crippen LogP contribution in [0.15, 0.2) is 0 Å². The second-order valence-electron chi connectivity index (χ2n) is 5.26. The molecule has 5 heteroatoms. The fourth-order valence-corrected chi connectivity index (χ4v) is 2.61. The van der Waals surface area contributed by atoms with Crippen LogP contribution < -0.4 is 0 Å². The molecule has 0 amide bonds. The van der Waals surface area contributed by atoms with E-state index in [1.54, 1.807) is 16.4 Å². The number of hydrogen-bond donors (Lipinski definition) is 1. The molecule has 0 radical (unpaired) electrons. The van der Waals surface area contributed by atoms with Gasteiger partial charge in [-0.3, -0.25) is 4.68 Å². The van der Waals surface area contributed by atoms with Crippen molar-refractivity contribution in [3.63, 3.8) is 0 Å². The van der Waals surface area contributed by atoms with E-state index in [2.05, 4.69) is 25.9 Å². The number of nitrogens with zero attached hydrogens (tertiary/aromatic N) is 2. The van der Waals surface area contributed by atoms with E-state index in [9.17, 15) is 5.11 Å². The van der Waals surface area contributed by atoms with Crippen LogP contribution >= 0.6 is 23.4 Å². The number of aliphatic hydroxyl groups is 1. The summed E-state index contributed by atoms with van der Waals surface area (Å²) in [5.74, 6) is 0.716. The highest BCUT2D eigenvalue weighted by Crippen LogP contribution is 2.26. The smallest absolute Gasteiger partial charge is 0.130 e. The Morgan fingerprint density at radius 2 is 2.06 bits per heavy atom. The lowest BCUT2D eigenvalue weighted by atomic mass is 10.1. The van der Waals surface area contributed by atoms with E-state index in [4.69, 9.17) is 11.6 Å². The van der Waals surface area contributed by atoms with Crippen molar-refractivity contribution in [1.82, 2.24) is 9.78 Å². The van der Waals surface area contributed by atoms with Gasteiger partial charge in [-0.25, -0.2) is 0 Å². The average Bonchev–Trinajstić information content (AvgIpc) is 2.41. The van der Waals surface area contributed by atoms with E-state index < -0.39 is 0 Å². The molecule has 1 unspecified atom stereocenters. The lowest BCUT2D eigenvalue weighted by molar-refractivity contribution is 0.199. The van der Waals surface area contributed by atoms with Crippen molar-refractivity contribution in [2.45, 2.75) is 45.0 Å². The minimum absolute atomic E-state index is 0.175. The molecule has 0 saturated carbocycles. The number of rotatable bonds is 4. The molecule has 1 aromatic rings. The van der Waals surface area contributed by atoms with E-state index in [0.29, 0.717) is 17.3 Å². The first-order valence-corrected chi connectivity index (χ1v) is 7.07. The van der Waals surface area contributed by atoms with Crippen LogP contribution in [0.2, 0.25) is 5.15 Å². The summed E-state index contributed by atoms with van der Waals surface area (Å²) in [6.07, 6.45) is 0.196.